The standard InChI is InChI=1S/C26H23BrO4S/c1-16-13-17(31-12-11-27)14-20(19-8-6-9-22(29-2)26(19)30-3)24(16)25(28)21-15-32-23-10-5-4-7-18(21)23/h4-10,13-15H,11-12H2,1-3H3. The van der Waals surface area contributed by atoms with Crippen LogP contribution < -0.4 is 14.2 Å². The monoisotopic (exact) mass is 510 g/mol. The Morgan fingerprint density at radius 2 is 1.81 bits per heavy atom. The van der Waals surface area contributed by atoms with Gasteiger partial charge in [-0.2, -0.15) is 0 Å². The Morgan fingerprint density at radius 3 is 2.56 bits per heavy atom. The molecule has 0 atom stereocenters. The van der Waals surface area contributed by atoms with Gasteiger partial charge in [-0.3, -0.25) is 4.79 Å². The lowest BCUT2D eigenvalue weighted by molar-refractivity contribution is 0.104. The summed E-state index contributed by atoms with van der Waals surface area (Å²) in [6.07, 6.45) is 0. The number of thiophene rings is 1. The van der Waals surface area contributed by atoms with Gasteiger partial charge in [-0.25, -0.2) is 0 Å². The van der Waals surface area contributed by atoms with Crippen molar-refractivity contribution in [1.29, 1.82) is 0 Å². The predicted octanol–water partition coefficient (Wildman–Crippen LogP) is 6.90. The molecule has 0 fully saturated rings. The average Bonchev–Trinajstić information content (AvgIpc) is 3.25. The molecule has 0 unspecified atom stereocenters. The zero-order chi connectivity index (χ0) is 22.7. The molecule has 0 saturated heterocycles. The summed E-state index contributed by atoms with van der Waals surface area (Å²) in [5, 5.41) is 3.62. The SMILES string of the molecule is COc1cccc(-c2cc(OCCBr)cc(C)c2C(=O)c2csc3ccccc23)c1OC. The van der Waals surface area contributed by atoms with E-state index < -0.39 is 0 Å². The van der Waals surface area contributed by atoms with Gasteiger partial charge in [-0.1, -0.05) is 46.3 Å². The van der Waals surface area contributed by atoms with Gasteiger partial charge in [0.05, 0.1) is 20.8 Å². The lowest BCUT2D eigenvalue weighted by atomic mass is 9.89. The molecule has 4 nitrogen and oxygen atoms in total. The summed E-state index contributed by atoms with van der Waals surface area (Å²) in [7, 11) is 3.21. The fourth-order valence-electron chi connectivity index (χ4n) is 3.90. The number of para-hydroxylation sites is 1. The molecule has 0 bridgehead atoms. The second-order valence-corrected chi connectivity index (χ2v) is 8.92. The maximum atomic E-state index is 13.9. The number of methoxy groups -OCH3 is 2. The molecule has 1 aromatic heterocycles. The summed E-state index contributed by atoms with van der Waals surface area (Å²) in [6, 6.07) is 17.5. The number of aryl methyl sites for hydroxylation is 1. The molecule has 0 radical (unpaired) electrons. The molecule has 0 N–H and O–H groups in total. The van der Waals surface area contributed by atoms with Gasteiger partial charge in [0.1, 0.15) is 5.75 Å². The van der Waals surface area contributed by atoms with Crippen LogP contribution in [0.15, 0.2) is 60.0 Å². The van der Waals surface area contributed by atoms with E-state index >= 15 is 0 Å². The number of ketones is 1. The topological polar surface area (TPSA) is 44.8 Å². The van der Waals surface area contributed by atoms with Crippen LogP contribution in [0.25, 0.3) is 21.2 Å². The van der Waals surface area contributed by atoms with Gasteiger partial charge in [0.2, 0.25) is 0 Å². The van der Waals surface area contributed by atoms with Gasteiger partial charge in [0.25, 0.3) is 0 Å². The van der Waals surface area contributed by atoms with Crippen LogP contribution in [0.4, 0.5) is 0 Å². The zero-order valence-electron chi connectivity index (χ0n) is 18.1. The fraction of sp³-hybridized carbons (Fsp3) is 0.192. The van der Waals surface area contributed by atoms with Crippen molar-refractivity contribution < 1.29 is 19.0 Å². The van der Waals surface area contributed by atoms with Gasteiger partial charge >= 0.3 is 0 Å². The van der Waals surface area contributed by atoms with E-state index in [1.54, 1.807) is 25.6 Å². The predicted molar refractivity (Wildman–Crippen MR) is 134 cm³/mol. The van der Waals surface area contributed by atoms with Gasteiger partial charge in [-0.05, 0) is 36.8 Å². The van der Waals surface area contributed by atoms with E-state index in [0.717, 1.165) is 26.8 Å². The van der Waals surface area contributed by atoms with Crippen LogP contribution in [-0.2, 0) is 0 Å². The molecule has 1 heterocycles. The number of benzene rings is 3. The normalized spacial score (nSPS) is 10.9. The first-order chi connectivity index (χ1) is 15.6. The number of hydrogen-bond donors (Lipinski definition) is 0. The van der Waals surface area contributed by atoms with Crippen molar-refractivity contribution >= 4 is 43.1 Å². The molecule has 4 aromatic rings. The second-order valence-electron chi connectivity index (χ2n) is 7.22. The third-order valence-corrected chi connectivity index (χ3v) is 6.59. The van der Waals surface area contributed by atoms with Gasteiger partial charge in [-0.15, -0.1) is 11.3 Å². The fourth-order valence-corrected chi connectivity index (χ4v) is 5.00. The van der Waals surface area contributed by atoms with E-state index in [1.807, 2.05) is 66.9 Å². The van der Waals surface area contributed by atoms with E-state index in [1.165, 1.54) is 0 Å². The van der Waals surface area contributed by atoms with Crippen LogP contribution in [0.3, 0.4) is 0 Å². The van der Waals surface area contributed by atoms with Gasteiger partial charge in [0.15, 0.2) is 17.3 Å². The highest BCUT2D eigenvalue weighted by atomic mass is 79.9. The largest absolute Gasteiger partial charge is 0.493 e. The number of fused-ring (bicyclic) bond motifs is 1. The lowest BCUT2D eigenvalue weighted by Gasteiger charge is -2.18. The van der Waals surface area contributed by atoms with Crippen molar-refractivity contribution in [3.05, 3.63) is 76.7 Å². The number of halogens is 1. The van der Waals surface area contributed by atoms with Gasteiger partial charge < -0.3 is 14.2 Å². The lowest BCUT2D eigenvalue weighted by Crippen LogP contribution is -2.08. The molecule has 0 spiro atoms. The van der Waals surface area contributed by atoms with Crippen molar-refractivity contribution in [3.63, 3.8) is 0 Å². The molecule has 164 valence electrons. The summed E-state index contributed by atoms with van der Waals surface area (Å²) >= 11 is 4.98. The maximum absolute atomic E-state index is 13.9. The highest BCUT2D eigenvalue weighted by Gasteiger charge is 2.24. The number of ether oxygens (including phenoxy) is 3. The summed E-state index contributed by atoms with van der Waals surface area (Å²) in [5.74, 6) is 1.87. The van der Waals surface area contributed by atoms with Crippen molar-refractivity contribution in [2.24, 2.45) is 0 Å². The molecule has 6 heteroatoms. The number of hydrogen-bond acceptors (Lipinski definition) is 5. The minimum Gasteiger partial charge on any atom is -0.493 e. The molecule has 0 aliphatic carbocycles. The average molecular weight is 511 g/mol. The van der Waals surface area contributed by atoms with E-state index in [4.69, 9.17) is 14.2 Å². The summed E-state index contributed by atoms with van der Waals surface area (Å²) in [4.78, 5) is 13.9. The first kappa shape index (κ1) is 22.4. The number of carbonyl (C=O) groups excluding carboxylic acids is 1. The maximum Gasteiger partial charge on any atom is 0.195 e. The van der Waals surface area contributed by atoms with Crippen LogP contribution >= 0.6 is 27.3 Å². The smallest absolute Gasteiger partial charge is 0.195 e. The van der Waals surface area contributed by atoms with Crippen molar-refractivity contribution in [2.75, 3.05) is 26.2 Å². The Bertz CT molecular complexity index is 1280. The first-order valence-corrected chi connectivity index (χ1v) is 12.1. The Labute approximate surface area is 199 Å². The number of carbonyl (C=O) groups is 1. The summed E-state index contributed by atoms with van der Waals surface area (Å²) in [5.41, 5.74) is 3.71. The minimum absolute atomic E-state index is 0.0214. The molecule has 32 heavy (non-hydrogen) atoms. The van der Waals surface area contributed by atoms with Crippen LogP contribution in [0, 0.1) is 6.92 Å². The molecule has 3 aromatic carbocycles. The Morgan fingerprint density at radius 1 is 1.00 bits per heavy atom. The summed E-state index contributed by atoms with van der Waals surface area (Å²) < 4.78 is 18.2. The molecule has 0 saturated carbocycles. The molecule has 4 rings (SSSR count). The van der Waals surface area contributed by atoms with E-state index in [9.17, 15) is 4.79 Å². The van der Waals surface area contributed by atoms with E-state index in [-0.39, 0.29) is 5.78 Å². The summed E-state index contributed by atoms with van der Waals surface area (Å²) in [6.45, 7) is 2.47. The van der Waals surface area contributed by atoms with Crippen LogP contribution in [0.5, 0.6) is 17.2 Å². The molecule has 0 aliphatic rings. The van der Waals surface area contributed by atoms with E-state index in [2.05, 4.69) is 15.9 Å². The third kappa shape index (κ3) is 4.12. The van der Waals surface area contributed by atoms with Crippen LogP contribution in [0.2, 0.25) is 0 Å². The van der Waals surface area contributed by atoms with Crippen molar-refractivity contribution in [1.82, 2.24) is 0 Å². The highest BCUT2D eigenvalue weighted by molar-refractivity contribution is 9.09. The van der Waals surface area contributed by atoms with Crippen molar-refractivity contribution in [3.8, 4) is 28.4 Å². The zero-order valence-corrected chi connectivity index (χ0v) is 20.5. The Balaban J connectivity index is 1.96. The minimum atomic E-state index is -0.0214. The van der Waals surface area contributed by atoms with Gasteiger partial charge in [0, 0.05) is 43.1 Å². The Kier molecular flexibility index (Phi) is 6.82. The highest BCUT2D eigenvalue weighted by Crippen LogP contribution is 2.42. The van der Waals surface area contributed by atoms with Crippen LogP contribution in [-0.4, -0.2) is 31.9 Å². The molecule has 0 amide bonds. The second kappa shape index (κ2) is 9.76. The Hall–Kier alpha value is -2.83. The molecular formula is C26H23BrO4S. The van der Waals surface area contributed by atoms with E-state index in [0.29, 0.717) is 40.3 Å². The number of alkyl halides is 1. The third-order valence-electron chi connectivity index (χ3n) is 5.30. The molecular weight excluding hydrogens is 488 g/mol. The quantitative estimate of drug-likeness (QED) is 0.191. The van der Waals surface area contributed by atoms with Crippen LogP contribution in [0.1, 0.15) is 21.5 Å². The van der Waals surface area contributed by atoms with Crippen molar-refractivity contribution in [2.45, 2.75) is 6.92 Å². The molecule has 0 aliphatic heterocycles. The first-order valence-electron chi connectivity index (χ1n) is 10.1. The number of rotatable bonds is 8.